The summed E-state index contributed by atoms with van der Waals surface area (Å²) in [5, 5.41) is 13.0. The number of ether oxygens (including phenoxy) is 3. The van der Waals surface area contributed by atoms with Crippen LogP contribution in [0, 0.1) is 15.9 Å². The molecule has 0 saturated heterocycles. The number of benzene rings is 2. The average molecular weight is 392 g/mol. The molecule has 0 unspecified atom stereocenters. The number of anilines is 1. The lowest BCUT2D eigenvalue weighted by Gasteiger charge is -2.14. The fourth-order valence-corrected chi connectivity index (χ4v) is 2.07. The molecular weight excluding hydrogens is 375 g/mol. The standard InChI is InChI=1S/C18H17FN2O7/c1-11(18(23)20-12-3-8-15(19)16(9-12)21(24)25)28-17(22)10-27-14-6-4-13(26-2)5-7-14/h3-9,11H,10H2,1-2H3,(H,20,23)/t11-/m1/s1. The molecule has 0 spiro atoms. The number of hydrogen-bond donors (Lipinski definition) is 1. The molecule has 1 amide bonds. The smallest absolute Gasteiger partial charge is 0.344 e. The third kappa shape index (κ3) is 5.66. The first kappa shape index (κ1) is 20.6. The molecule has 0 aliphatic rings. The van der Waals surface area contributed by atoms with Crippen LogP contribution in [0.3, 0.4) is 0 Å². The number of nitro benzene ring substituents is 1. The number of carbonyl (C=O) groups excluding carboxylic acids is 2. The van der Waals surface area contributed by atoms with E-state index in [4.69, 9.17) is 14.2 Å². The van der Waals surface area contributed by atoms with E-state index in [0.717, 1.165) is 18.2 Å². The van der Waals surface area contributed by atoms with Crippen LogP contribution in [0.1, 0.15) is 6.92 Å². The van der Waals surface area contributed by atoms with Gasteiger partial charge in [0.25, 0.3) is 5.91 Å². The Labute approximate surface area is 159 Å². The minimum atomic E-state index is -1.20. The number of hydrogen-bond acceptors (Lipinski definition) is 7. The number of esters is 1. The van der Waals surface area contributed by atoms with Gasteiger partial charge >= 0.3 is 11.7 Å². The number of nitrogens with one attached hydrogen (secondary N) is 1. The summed E-state index contributed by atoms with van der Waals surface area (Å²) in [6, 6.07) is 9.38. The van der Waals surface area contributed by atoms with E-state index in [1.54, 1.807) is 24.3 Å². The van der Waals surface area contributed by atoms with Gasteiger partial charge in [0.2, 0.25) is 5.82 Å². The molecule has 28 heavy (non-hydrogen) atoms. The SMILES string of the molecule is COc1ccc(OCC(=O)O[C@H](C)C(=O)Nc2ccc(F)c([N+](=O)[O-])c2)cc1. The third-order valence-corrected chi connectivity index (χ3v) is 3.50. The molecule has 2 aromatic rings. The van der Waals surface area contributed by atoms with Crippen molar-refractivity contribution in [2.45, 2.75) is 13.0 Å². The Bertz CT molecular complexity index is 871. The summed E-state index contributed by atoms with van der Waals surface area (Å²) < 4.78 is 28.5. The lowest BCUT2D eigenvalue weighted by atomic mass is 10.2. The highest BCUT2D eigenvalue weighted by Gasteiger charge is 2.20. The minimum Gasteiger partial charge on any atom is -0.497 e. The normalized spacial score (nSPS) is 11.2. The van der Waals surface area contributed by atoms with E-state index < -0.39 is 41.0 Å². The number of halogens is 1. The number of rotatable bonds is 8. The first-order valence-corrected chi connectivity index (χ1v) is 8.01. The van der Waals surface area contributed by atoms with Crippen LogP contribution in [0.5, 0.6) is 11.5 Å². The first-order chi connectivity index (χ1) is 13.3. The molecule has 2 rings (SSSR count). The van der Waals surface area contributed by atoms with Gasteiger partial charge in [0, 0.05) is 11.8 Å². The second-order valence-corrected chi connectivity index (χ2v) is 5.51. The van der Waals surface area contributed by atoms with E-state index in [1.807, 2.05) is 0 Å². The Kier molecular flexibility index (Phi) is 6.85. The lowest BCUT2D eigenvalue weighted by molar-refractivity contribution is -0.387. The largest absolute Gasteiger partial charge is 0.497 e. The molecule has 148 valence electrons. The molecular formula is C18H17FN2O7. The molecule has 9 nitrogen and oxygen atoms in total. The van der Waals surface area contributed by atoms with Crippen molar-refractivity contribution in [2.75, 3.05) is 19.0 Å². The van der Waals surface area contributed by atoms with Gasteiger partial charge in [0.05, 0.1) is 12.0 Å². The van der Waals surface area contributed by atoms with Gasteiger partial charge in [-0.25, -0.2) is 4.79 Å². The third-order valence-electron chi connectivity index (χ3n) is 3.50. The van der Waals surface area contributed by atoms with Gasteiger partial charge < -0.3 is 19.5 Å². The zero-order valence-corrected chi connectivity index (χ0v) is 15.0. The molecule has 0 heterocycles. The number of amides is 1. The van der Waals surface area contributed by atoms with Crippen molar-refractivity contribution in [3.05, 3.63) is 58.4 Å². The molecule has 0 fully saturated rings. The summed E-state index contributed by atoms with van der Waals surface area (Å²) in [5.41, 5.74) is -0.786. The van der Waals surface area contributed by atoms with Gasteiger partial charge in [-0.3, -0.25) is 14.9 Å². The van der Waals surface area contributed by atoms with Crippen molar-refractivity contribution in [1.29, 1.82) is 0 Å². The maximum atomic E-state index is 13.3. The van der Waals surface area contributed by atoms with Gasteiger partial charge in [0.15, 0.2) is 12.7 Å². The van der Waals surface area contributed by atoms with Crippen LogP contribution in [-0.2, 0) is 14.3 Å². The van der Waals surface area contributed by atoms with Gasteiger partial charge in [-0.1, -0.05) is 0 Å². The Morgan fingerprint density at radius 2 is 1.82 bits per heavy atom. The van der Waals surface area contributed by atoms with Crippen LogP contribution >= 0.6 is 0 Å². The van der Waals surface area contributed by atoms with Crippen LogP contribution in [0.15, 0.2) is 42.5 Å². The predicted molar refractivity (Wildman–Crippen MR) is 95.7 cm³/mol. The maximum absolute atomic E-state index is 13.3. The van der Waals surface area contributed by atoms with E-state index in [-0.39, 0.29) is 5.69 Å². The van der Waals surface area contributed by atoms with Crippen LogP contribution in [0.4, 0.5) is 15.8 Å². The average Bonchev–Trinajstić information content (AvgIpc) is 2.67. The molecule has 1 N–H and O–H groups in total. The molecule has 1 atom stereocenters. The molecule has 0 saturated carbocycles. The van der Waals surface area contributed by atoms with Crippen LogP contribution in [0.25, 0.3) is 0 Å². The van der Waals surface area contributed by atoms with Crippen molar-refractivity contribution in [1.82, 2.24) is 0 Å². The van der Waals surface area contributed by atoms with Crippen LogP contribution in [-0.4, -0.2) is 36.6 Å². The highest BCUT2D eigenvalue weighted by Crippen LogP contribution is 2.22. The topological polar surface area (TPSA) is 117 Å². The highest BCUT2D eigenvalue weighted by molar-refractivity contribution is 5.95. The number of carbonyl (C=O) groups is 2. The quantitative estimate of drug-likeness (QED) is 0.417. The monoisotopic (exact) mass is 392 g/mol. The van der Waals surface area contributed by atoms with Crippen molar-refractivity contribution in [3.8, 4) is 11.5 Å². The summed E-state index contributed by atoms with van der Waals surface area (Å²) in [6.07, 6.45) is -1.20. The molecule has 0 aliphatic heterocycles. The first-order valence-electron chi connectivity index (χ1n) is 8.01. The van der Waals surface area contributed by atoms with Crippen molar-refractivity contribution >= 4 is 23.3 Å². The summed E-state index contributed by atoms with van der Waals surface area (Å²) in [7, 11) is 1.52. The zero-order chi connectivity index (χ0) is 20.7. The Morgan fingerprint density at radius 3 is 2.43 bits per heavy atom. The zero-order valence-electron chi connectivity index (χ0n) is 15.0. The Morgan fingerprint density at radius 1 is 1.18 bits per heavy atom. The summed E-state index contributed by atoms with van der Waals surface area (Å²) >= 11 is 0. The second-order valence-electron chi connectivity index (χ2n) is 5.51. The van der Waals surface area contributed by atoms with Crippen molar-refractivity contribution in [3.63, 3.8) is 0 Å². The van der Waals surface area contributed by atoms with Crippen molar-refractivity contribution in [2.24, 2.45) is 0 Å². The van der Waals surface area contributed by atoms with Gasteiger partial charge in [-0.15, -0.1) is 0 Å². The maximum Gasteiger partial charge on any atom is 0.344 e. The second kappa shape index (κ2) is 9.31. The molecule has 10 heteroatoms. The summed E-state index contributed by atoms with van der Waals surface area (Å²) in [5.74, 6) is -1.52. The number of nitro groups is 1. The minimum absolute atomic E-state index is 0.00418. The molecule has 0 aliphatic carbocycles. The number of methoxy groups -OCH3 is 1. The summed E-state index contributed by atoms with van der Waals surface area (Å²) in [6.45, 7) is 0.893. The lowest BCUT2D eigenvalue weighted by Crippen LogP contribution is -2.31. The fraction of sp³-hybridized carbons (Fsp3) is 0.222. The van der Waals surface area contributed by atoms with Gasteiger partial charge in [-0.2, -0.15) is 4.39 Å². The fourth-order valence-electron chi connectivity index (χ4n) is 2.07. The van der Waals surface area contributed by atoms with E-state index in [0.29, 0.717) is 11.5 Å². The van der Waals surface area contributed by atoms with Gasteiger partial charge in [-0.05, 0) is 43.3 Å². The summed E-state index contributed by atoms with van der Waals surface area (Å²) in [4.78, 5) is 33.7. The van der Waals surface area contributed by atoms with Crippen LogP contribution < -0.4 is 14.8 Å². The van der Waals surface area contributed by atoms with E-state index in [2.05, 4.69) is 5.32 Å². The highest BCUT2D eigenvalue weighted by atomic mass is 19.1. The van der Waals surface area contributed by atoms with E-state index >= 15 is 0 Å². The number of nitrogens with zero attached hydrogens (tertiary/aromatic N) is 1. The molecule has 0 radical (unpaired) electrons. The van der Waals surface area contributed by atoms with Gasteiger partial charge in [0.1, 0.15) is 11.5 Å². The molecule has 0 bridgehead atoms. The molecule has 0 aromatic heterocycles. The molecule has 2 aromatic carbocycles. The Hall–Kier alpha value is -3.69. The Balaban J connectivity index is 1.86. The van der Waals surface area contributed by atoms with E-state index in [1.165, 1.54) is 14.0 Å². The van der Waals surface area contributed by atoms with Crippen LogP contribution in [0.2, 0.25) is 0 Å². The van der Waals surface area contributed by atoms with E-state index in [9.17, 15) is 24.1 Å². The predicted octanol–water partition coefficient (Wildman–Crippen LogP) is 2.69. The van der Waals surface area contributed by atoms with Crippen molar-refractivity contribution < 1.29 is 33.1 Å².